The smallest absolute Gasteiger partial charge is 0.411 e. The summed E-state index contributed by atoms with van der Waals surface area (Å²) in [6.45, 7) is 7.96. The summed E-state index contributed by atoms with van der Waals surface area (Å²) in [6.07, 6.45) is 13.3. The number of hydrogen-bond donors (Lipinski definition) is 1. The number of nitrogens with zero attached hydrogens (tertiary/aromatic N) is 2. The maximum Gasteiger partial charge on any atom is 0.411 e. The molecule has 2 heterocycles. The predicted molar refractivity (Wildman–Crippen MR) is 130 cm³/mol. The number of amides is 1. The molecule has 6 nitrogen and oxygen atoms in total. The third kappa shape index (κ3) is 8.28. The summed E-state index contributed by atoms with van der Waals surface area (Å²) in [5.41, 5.74) is 0.677. The molecule has 1 aromatic carbocycles. The molecule has 32 heavy (non-hydrogen) atoms. The van der Waals surface area contributed by atoms with Crippen molar-refractivity contribution < 1.29 is 14.3 Å². The van der Waals surface area contributed by atoms with Crippen molar-refractivity contribution in [2.75, 3.05) is 44.7 Å². The second-order valence-corrected chi connectivity index (χ2v) is 9.13. The van der Waals surface area contributed by atoms with Gasteiger partial charge < -0.3 is 9.47 Å². The van der Waals surface area contributed by atoms with E-state index in [4.69, 9.17) is 9.47 Å². The van der Waals surface area contributed by atoms with Gasteiger partial charge in [-0.25, -0.2) is 4.79 Å². The molecular formula is C26H43N3O3. The zero-order valence-electron chi connectivity index (χ0n) is 20.0. The Hall–Kier alpha value is -1.79. The molecule has 2 aliphatic rings. The third-order valence-electron chi connectivity index (χ3n) is 6.61. The van der Waals surface area contributed by atoms with Gasteiger partial charge in [0.2, 0.25) is 0 Å². The number of hydrogen-bond acceptors (Lipinski definition) is 5. The van der Waals surface area contributed by atoms with Gasteiger partial charge in [0.05, 0.1) is 25.1 Å². The molecule has 0 bridgehead atoms. The Morgan fingerprint density at radius 2 is 1.56 bits per heavy atom. The molecule has 3 rings (SSSR count). The Bertz CT molecular complexity index is 639. The van der Waals surface area contributed by atoms with Gasteiger partial charge >= 0.3 is 6.09 Å². The van der Waals surface area contributed by atoms with E-state index >= 15 is 0 Å². The normalized spacial score (nSPS) is 17.9. The number of benzene rings is 1. The van der Waals surface area contributed by atoms with E-state index in [1.54, 1.807) is 0 Å². The Balaban J connectivity index is 1.46. The molecule has 0 aliphatic carbocycles. The molecule has 2 aliphatic heterocycles. The number of carbonyl (C=O) groups is 1. The van der Waals surface area contributed by atoms with Crippen LogP contribution in [-0.4, -0.2) is 61.5 Å². The monoisotopic (exact) mass is 445 g/mol. The lowest BCUT2D eigenvalue weighted by Crippen LogP contribution is -2.52. The van der Waals surface area contributed by atoms with Gasteiger partial charge in [-0.1, -0.05) is 51.2 Å². The lowest BCUT2D eigenvalue weighted by molar-refractivity contribution is 0.00131. The third-order valence-corrected chi connectivity index (χ3v) is 6.61. The summed E-state index contributed by atoms with van der Waals surface area (Å²) >= 11 is 0. The van der Waals surface area contributed by atoms with Crippen LogP contribution in [0.5, 0.6) is 5.75 Å². The molecule has 0 spiro atoms. The van der Waals surface area contributed by atoms with E-state index < -0.39 is 6.09 Å². The molecule has 0 aromatic heterocycles. The average molecular weight is 446 g/mol. The van der Waals surface area contributed by atoms with Crippen molar-refractivity contribution in [3.05, 3.63) is 24.3 Å². The fourth-order valence-corrected chi connectivity index (χ4v) is 4.84. The van der Waals surface area contributed by atoms with Gasteiger partial charge in [0.15, 0.2) is 0 Å². The first-order chi connectivity index (χ1) is 15.8. The molecule has 2 saturated heterocycles. The van der Waals surface area contributed by atoms with Crippen molar-refractivity contribution in [1.82, 2.24) is 9.80 Å². The molecule has 0 radical (unpaired) electrons. The zero-order valence-corrected chi connectivity index (χ0v) is 20.0. The number of ether oxygens (including phenoxy) is 2. The molecule has 1 aromatic rings. The topological polar surface area (TPSA) is 54.0 Å². The van der Waals surface area contributed by atoms with Gasteiger partial charge in [-0.15, -0.1) is 0 Å². The highest BCUT2D eigenvalue weighted by molar-refractivity contribution is 5.86. The number of carbonyl (C=O) groups excluding carboxylic acids is 1. The SMILES string of the molecule is CCCCCCOc1ccccc1NC(=O)OCCC(N1CCCCC1)N1CCCCC1. The lowest BCUT2D eigenvalue weighted by Gasteiger charge is -2.43. The summed E-state index contributed by atoms with van der Waals surface area (Å²) < 4.78 is 11.5. The van der Waals surface area contributed by atoms with Crippen LogP contribution in [0, 0.1) is 0 Å². The molecule has 6 heteroatoms. The van der Waals surface area contributed by atoms with Crippen LogP contribution in [-0.2, 0) is 4.74 Å². The second-order valence-electron chi connectivity index (χ2n) is 9.13. The quantitative estimate of drug-likeness (QED) is 0.407. The largest absolute Gasteiger partial charge is 0.491 e. The Morgan fingerprint density at radius 3 is 2.22 bits per heavy atom. The van der Waals surface area contributed by atoms with Gasteiger partial charge in [-0.05, 0) is 70.4 Å². The van der Waals surface area contributed by atoms with Crippen molar-refractivity contribution in [2.24, 2.45) is 0 Å². The number of nitrogens with one attached hydrogen (secondary N) is 1. The Kier molecular flexibility index (Phi) is 11.2. The first-order valence-electron chi connectivity index (χ1n) is 12.9. The molecule has 1 amide bonds. The minimum absolute atomic E-state index is 0.391. The van der Waals surface area contributed by atoms with Crippen LogP contribution in [0.25, 0.3) is 0 Å². The van der Waals surface area contributed by atoms with E-state index in [1.165, 1.54) is 57.8 Å². The first-order valence-corrected chi connectivity index (χ1v) is 12.9. The van der Waals surface area contributed by atoms with Gasteiger partial charge in [0.25, 0.3) is 0 Å². The van der Waals surface area contributed by atoms with Crippen molar-refractivity contribution in [1.29, 1.82) is 0 Å². The van der Waals surface area contributed by atoms with Crippen LogP contribution in [0.3, 0.4) is 0 Å². The van der Waals surface area contributed by atoms with Crippen LogP contribution < -0.4 is 10.1 Å². The molecule has 0 atom stereocenters. The van der Waals surface area contributed by atoms with Crippen molar-refractivity contribution in [3.63, 3.8) is 0 Å². The van der Waals surface area contributed by atoms with Crippen molar-refractivity contribution in [2.45, 2.75) is 83.7 Å². The highest BCUT2D eigenvalue weighted by atomic mass is 16.5. The number of piperidine rings is 2. The number of unbranched alkanes of at least 4 members (excludes halogenated alkanes) is 3. The molecule has 2 fully saturated rings. The standard InChI is InChI=1S/C26H43N3O3/c1-2-3-4-13-21-31-24-15-8-7-14-23(24)27-26(30)32-22-16-25(28-17-9-5-10-18-28)29-19-11-6-12-20-29/h7-8,14-15,25H,2-6,9-13,16-22H2,1H3,(H,27,30). The molecule has 180 valence electrons. The van der Waals surface area contributed by atoms with Gasteiger partial charge in [0.1, 0.15) is 5.75 Å². The summed E-state index contributed by atoms with van der Waals surface area (Å²) in [5, 5.41) is 2.88. The predicted octanol–water partition coefficient (Wildman–Crippen LogP) is 5.88. The maximum atomic E-state index is 12.5. The van der Waals surface area contributed by atoms with E-state index in [1.807, 2.05) is 24.3 Å². The number of rotatable bonds is 12. The van der Waals surface area contributed by atoms with Crippen LogP contribution in [0.2, 0.25) is 0 Å². The van der Waals surface area contributed by atoms with E-state index in [0.29, 0.717) is 30.8 Å². The summed E-state index contributed by atoms with van der Waals surface area (Å²) in [4.78, 5) is 17.7. The zero-order chi connectivity index (χ0) is 22.4. The Labute approximate surface area is 194 Å². The van der Waals surface area contributed by atoms with E-state index in [9.17, 15) is 4.79 Å². The van der Waals surface area contributed by atoms with E-state index in [0.717, 1.165) is 39.0 Å². The summed E-state index contributed by atoms with van der Waals surface area (Å²) in [5.74, 6) is 0.709. The average Bonchev–Trinajstić information content (AvgIpc) is 2.84. The fourth-order valence-electron chi connectivity index (χ4n) is 4.84. The van der Waals surface area contributed by atoms with Crippen LogP contribution >= 0.6 is 0 Å². The summed E-state index contributed by atoms with van der Waals surface area (Å²) in [6, 6.07) is 7.60. The molecular weight excluding hydrogens is 402 g/mol. The number of anilines is 1. The summed E-state index contributed by atoms with van der Waals surface area (Å²) in [7, 11) is 0. The minimum Gasteiger partial charge on any atom is -0.491 e. The highest BCUT2D eigenvalue weighted by Gasteiger charge is 2.27. The fraction of sp³-hybridized carbons (Fsp3) is 0.731. The van der Waals surface area contributed by atoms with Gasteiger partial charge in [-0.3, -0.25) is 15.1 Å². The molecule has 1 N–H and O–H groups in total. The Morgan fingerprint density at radius 1 is 0.906 bits per heavy atom. The van der Waals surface area contributed by atoms with Crippen LogP contribution in [0.4, 0.5) is 10.5 Å². The highest BCUT2D eigenvalue weighted by Crippen LogP contribution is 2.25. The number of para-hydroxylation sites is 2. The van der Waals surface area contributed by atoms with E-state index in [2.05, 4.69) is 22.0 Å². The molecule has 0 unspecified atom stereocenters. The molecule has 0 saturated carbocycles. The lowest BCUT2D eigenvalue weighted by atomic mass is 10.1. The van der Waals surface area contributed by atoms with Gasteiger partial charge in [-0.2, -0.15) is 0 Å². The van der Waals surface area contributed by atoms with Crippen molar-refractivity contribution >= 4 is 11.8 Å². The second kappa shape index (κ2) is 14.4. The van der Waals surface area contributed by atoms with E-state index in [-0.39, 0.29) is 0 Å². The van der Waals surface area contributed by atoms with Crippen LogP contribution in [0.1, 0.15) is 77.6 Å². The first kappa shape index (κ1) is 24.8. The maximum absolute atomic E-state index is 12.5. The number of likely N-dealkylation sites (tertiary alicyclic amines) is 2. The van der Waals surface area contributed by atoms with Crippen LogP contribution in [0.15, 0.2) is 24.3 Å². The van der Waals surface area contributed by atoms with Gasteiger partial charge in [0, 0.05) is 6.42 Å². The minimum atomic E-state index is -0.400. The van der Waals surface area contributed by atoms with Crippen molar-refractivity contribution in [3.8, 4) is 5.75 Å².